The quantitative estimate of drug-likeness (QED) is 0.411. The monoisotopic (exact) mass is 490 g/mol. The molecule has 0 saturated heterocycles. The van der Waals surface area contributed by atoms with Crippen molar-refractivity contribution in [3.63, 3.8) is 0 Å². The second kappa shape index (κ2) is 8.09. The first-order valence-electron chi connectivity index (χ1n) is 9.25. The smallest absolute Gasteiger partial charge is 0.306 e. The lowest BCUT2D eigenvalue weighted by Gasteiger charge is -2.13. The molecule has 0 spiro atoms. The molecule has 2 aromatic heterocycles. The highest BCUT2D eigenvalue weighted by Gasteiger charge is 2.24. The summed E-state index contributed by atoms with van der Waals surface area (Å²) in [4.78, 5) is 32.1. The van der Waals surface area contributed by atoms with E-state index in [1.807, 2.05) is 0 Å². The SMILES string of the molecule is Cc1cc(S(=O)(=O)Nc2cc(Cl)cnc2C(=O)c2cccc3[nH]c(=O)n(C)c23)ccc1Cl. The maximum Gasteiger partial charge on any atom is 0.326 e. The number of benzene rings is 2. The summed E-state index contributed by atoms with van der Waals surface area (Å²) in [6.45, 7) is 1.68. The third kappa shape index (κ3) is 3.90. The van der Waals surface area contributed by atoms with E-state index in [0.717, 1.165) is 0 Å². The number of carbonyl (C=O) groups excluding carboxylic acids is 1. The minimum absolute atomic E-state index is 0.0343. The molecule has 8 nitrogen and oxygen atoms in total. The number of aromatic nitrogens is 3. The molecule has 2 heterocycles. The number of nitrogens with zero attached hydrogens (tertiary/aromatic N) is 2. The van der Waals surface area contributed by atoms with Gasteiger partial charge in [0.15, 0.2) is 0 Å². The van der Waals surface area contributed by atoms with E-state index < -0.39 is 15.8 Å². The number of hydrogen-bond donors (Lipinski definition) is 2. The van der Waals surface area contributed by atoms with Crippen molar-refractivity contribution >= 4 is 55.7 Å². The minimum Gasteiger partial charge on any atom is -0.306 e. The fourth-order valence-corrected chi connectivity index (χ4v) is 4.72. The molecule has 2 N–H and O–H groups in total. The molecule has 0 amide bonds. The van der Waals surface area contributed by atoms with Crippen molar-refractivity contribution in [2.24, 2.45) is 7.05 Å². The van der Waals surface area contributed by atoms with Crippen molar-refractivity contribution in [1.82, 2.24) is 14.5 Å². The Morgan fingerprint density at radius 3 is 2.62 bits per heavy atom. The van der Waals surface area contributed by atoms with Crippen LogP contribution in [0.1, 0.15) is 21.6 Å². The van der Waals surface area contributed by atoms with Crippen molar-refractivity contribution in [3.8, 4) is 0 Å². The van der Waals surface area contributed by atoms with Gasteiger partial charge in [0.1, 0.15) is 5.69 Å². The molecular formula is C21H16Cl2N4O4S. The van der Waals surface area contributed by atoms with Gasteiger partial charge in [-0.25, -0.2) is 18.2 Å². The van der Waals surface area contributed by atoms with Crippen LogP contribution in [0.4, 0.5) is 5.69 Å². The lowest BCUT2D eigenvalue weighted by Crippen LogP contribution is -2.18. The number of pyridine rings is 1. The Balaban J connectivity index is 1.82. The Kier molecular flexibility index (Phi) is 5.58. The molecule has 0 fully saturated rings. The van der Waals surface area contributed by atoms with Crippen molar-refractivity contribution in [2.75, 3.05) is 4.72 Å². The average Bonchev–Trinajstić information content (AvgIpc) is 3.03. The Hall–Kier alpha value is -3.14. The molecule has 2 aromatic carbocycles. The van der Waals surface area contributed by atoms with Gasteiger partial charge in [-0.1, -0.05) is 29.3 Å². The van der Waals surface area contributed by atoms with E-state index >= 15 is 0 Å². The highest BCUT2D eigenvalue weighted by Crippen LogP contribution is 2.27. The van der Waals surface area contributed by atoms with Crippen molar-refractivity contribution < 1.29 is 13.2 Å². The molecule has 0 aliphatic rings. The largest absolute Gasteiger partial charge is 0.326 e. The first-order chi connectivity index (χ1) is 15.1. The van der Waals surface area contributed by atoms with Crippen LogP contribution in [-0.4, -0.2) is 28.7 Å². The number of aromatic amines is 1. The van der Waals surface area contributed by atoms with Crippen molar-refractivity contribution in [1.29, 1.82) is 0 Å². The van der Waals surface area contributed by atoms with E-state index in [1.54, 1.807) is 19.1 Å². The second-order valence-corrected chi connectivity index (χ2v) is 9.61. The van der Waals surface area contributed by atoms with Gasteiger partial charge in [0.05, 0.1) is 32.2 Å². The Labute approximate surface area is 192 Å². The van der Waals surface area contributed by atoms with Gasteiger partial charge in [0, 0.05) is 18.3 Å². The van der Waals surface area contributed by atoms with Gasteiger partial charge in [-0.15, -0.1) is 0 Å². The van der Waals surface area contributed by atoms with Crippen molar-refractivity contribution in [3.05, 3.63) is 86.0 Å². The number of fused-ring (bicyclic) bond motifs is 1. The van der Waals surface area contributed by atoms with Crippen LogP contribution in [0.3, 0.4) is 0 Å². The summed E-state index contributed by atoms with van der Waals surface area (Å²) in [5.74, 6) is -0.577. The Morgan fingerprint density at radius 1 is 1.16 bits per heavy atom. The molecule has 0 atom stereocenters. The molecule has 32 heavy (non-hydrogen) atoms. The van der Waals surface area contributed by atoms with E-state index in [9.17, 15) is 18.0 Å². The zero-order chi connectivity index (χ0) is 23.2. The summed E-state index contributed by atoms with van der Waals surface area (Å²) in [6, 6.07) is 10.4. The van der Waals surface area contributed by atoms with E-state index in [0.29, 0.717) is 21.6 Å². The molecule has 0 radical (unpaired) electrons. The van der Waals surface area contributed by atoms with Crippen LogP contribution >= 0.6 is 23.2 Å². The second-order valence-electron chi connectivity index (χ2n) is 7.09. The number of halogens is 2. The number of carbonyl (C=O) groups is 1. The van der Waals surface area contributed by atoms with Crippen molar-refractivity contribution in [2.45, 2.75) is 11.8 Å². The summed E-state index contributed by atoms with van der Waals surface area (Å²) in [5.41, 5.74) is 0.967. The number of anilines is 1. The number of nitrogens with one attached hydrogen (secondary N) is 2. The van der Waals surface area contributed by atoms with Gasteiger partial charge < -0.3 is 4.98 Å². The van der Waals surface area contributed by atoms with E-state index in [-0.39, 0.29) is 32.6 Å². The number of hydrogen-bond acceptors (Lipinski definition) is 5. The number of imidazole rings is 1. The topological polar surface area (TPSA) is 114 Å². The minimum atomic E-state index is -4.07. The number of ketones is 1. The zero-order valence-corrected chi connectivity index (χ0v) is 19.1. The predicted molar refractivity (Wildman–Crippen MR) is 123 cm³/mol. The number of sulfonamides is 1. The van der Waals surface area contributed by atoms with Crippen LogP contribution < -0.4 is 10.4 Å². The van der Waals surface area contributed by atoms with Gasteiger partial charge in [0.2, 0.25) is 5.78 Å². The first kappa shape index (κ1) is 22.1. The Bertz CT molecular complexity index is 1560. The maximum absolute atomic E-state index is 13.4. The molecule has 0 aliphatic heterocycles. The lowest BCUT2D eigenvalue weighted by atomic mass is 10.0. The molecule has 0 aliphatic carbocycles. The zero-order valence-electron chi connectivity index (χ0n) is 16.8. The molecule has 0 unspecified atom stereocenters. The van der Waals surface area contributed by atoms with Gasteiger partial charge in [-0.05, 0) is 48.9 Å². The molecular weight excluding hydrogens is 475 g/mol. The van der Waals surface area contributed by atoms with Gasteiger partial charge in [0.25, 0.3) is 10.0 Å². The standard InChI is InChI=1S/C21H16Cl2N4O4S/c1-11-8-13(6-7-15(11)23)32(30,31)26-17-9-12(22)10-24-18(17)20(28)14-4-3-5-16-19(14)27(2)21(29)25-16/h3-10,26H,1-2H3,(H,25,29). The summed E-state index contributed by atoms with van der Waals surface area (Å²) >= 11 is 12.0. The first-order valence-corrected chi connectivity index (χ1v) is 11.5. The van der Waals surface area contributed by atoms with Crippen LogP contribution in [0.15, 0.2) is 58.4 Å². The molecule has 0 saturated carbocycles. The molecule has 4 aromatic rings. The summed E-state index contributed by atoms with van der Waals surface area (Å²) in [7, 11) is -2.55. The predicted octanol–water partition coefficient (Wildman–Crippen LogP) is 3.91. The molecule has 0 bridgehead atoms. The third-order valence-electron chi connectivity index (χ3n) is 4.92. The number of aryl methyl sites for hydroxylation is 2. The normalized spacial score (nSPS) is 11.6. The van der Waals surface area contributed by atoms with Gasteiger partial charge in [-0.3, -0.25) is 14.1 Å². The Morgan fingerprint density at radius 2 is 1.91 bits per heavy atom. The van der Waals surface area contributed by atoms with Crippen LogP contribution in [0.5, 0.6) is 0 Å². The third-order valence-corrected chi connectivity index (χ3v) is 6.91. The summed E-state index contributed by atoms with van der Waals surface area (Å²) in [6.07, 6.45) is 1.25. The highest BCUT2D eigenvalue weighted by atomic mass is 35.5. The van der Waals surface area contributed by atoms with Gasteiger partial charge >= 0.3 is 5.69 Å². The summed E-state index contributed by atoms with van der Waals surface area (Å²) < 4.78 is 29.6. The van der Waals surface area contributed by atoms with Crippen LogP contribution in [-0.2, 0) is 17.1 Å². The van der Waals surface area contributed by atoms with Crippen LogP contribution in [0.2, 0.25) is 10.0 Å². The maximum atomic E-state index is 13.4. The van der Waals surface area contributed by atoms with Crippen LogP contribution in [0.25, 0.3) is 11.0 Å². The molecule has 11 heteroatoms. The lowest BCUT2D eigenvalue weighted by molar-refractivity contribution is 0.103. The fraction of sp³-hybridized carbons (Fsp3) is 0.0952. The number of H-pyrrole nitrogens is 1. The van der Waals surface area contributed by atoms with Crippen LogP contribution in [0, 0.1) is 6.92 Å². The van der Waals surface area contributed by atoms with E-state index in [1.165, 1.54) is 48.1 Å². The molecule has 4 rings (SSSR count). The molecule has 164 valence electrons. The highest BCUT2D eigenvalue weighted by molar-refractivity contribution is 7.92. The van der Waals surface area contributed by atoms with E-state index in [4.69, 9.17) is 23.2 Å². The summed E-state index contributed by atoms with van der Waals surface area (Å²) in [5, 5.41) is 0.563. The van der Waals surface area contributed by atoms with Gasteiger partial charge in [-0.2, -0.15) is 0 Å². The number of para-hydroxylation sites is 1. The van der Waals surface area contributed by atoms with E-state index in [2.05, 4.69) is 14.7 Å². The number of rotatable bonds is 5. The average molecular weight is 491 g/mol. The fourth-order valence-electron chi connectivity index (χ4n) is 3.30.